The molecule has 0 bridgehead atoms. The van der Waals surface area contributed by atoms with Gasteiger partial charge in [0.1, 0.15) is 5.69 Å². The van der Waals surface area contributed by atoms with E-state index in [1.807, 2.05) is 0 Å². The zero-order valence-corrected chi connectivity index (χ0v) is 12.2. The average Bonchev–Trinajstić information content (AvgIpc) is 2.97. The highest BCUT2D eigenvalue weighted by Crippen LogP contribution is 2.25. The fraction of sp³-hybridized carbons (Fsp3) is 0.375. The van der Waals surface area contributed by atoms with Gasteiger partial charge in [-0.15, -0.1) is 5.10 Å². The van der Waals surface area contributed by atoms with Gasteiger partial charge in [0.15, 0.2) is 5.69 Å². The Bertz CT molecular complexity index is 721. The summed E-state index contributed by atoms with van der Waals surface area (Å²) in [4.78, 5) is 25.0. The molecule has 22 heavy (non-hydrogen) atoms. The van der Waals surface area contributed by atoms with Gasteiger partial charge < -0.3 is 5.11 Å². The third kappa shape index (κ3) is 2.46. The van der Waals surface area contributed by atoms with Crippen LogP contribution in [0.1, 0.15) is 57.8 Å². The SMILES string of the molecule is O=C1c2ccccc2C(=O)c2c1nnn2CCCCCCO. The number of hydrogen-bond donors (Lipinski definition) is 1. The number of hydrogen-bond acceptors (Lipinski definition) is 5. The molecule has 0 amide bonds. The topological polar surface area (TPSA) is 85.1 Å². The molecule has 1 aliphatic carbocycles. The van der Waals surface area contributed by atoms with E-state index in [0.717, 1.165) is 25.7 Å². The van der Waals surface area contributed by atoms with Crippen LogP contribution in [0.3, 0.4) is 0 Å². The Balaban J connectivity index is 1.82. The fourth-order valence-corrected chi connectivity index (χ4v) is 2.71. The summed E-state index contributed by atoms with van der Waals surface area (Å²) in [5, 5.41) is 16.6. The van der Waals surface area contributed by atoms with Crippen molar-refractivity contribution in [2.45, 2.75) is 32.2 Å². The van der Waals surface area contributed by atoms with Crippen LogP contribution in [0.5, 0.6) is 0 Å². The summed E-state index contributed by atoms with van der Waals surface area (Å²) >= 11 is 0. The van der Waals surface area contributed by atoms with Crippen LogP contribution in [-0.2, 0) is 6.54 Å². The molecule has 1 aromatic heterocycles. The maximum Gasteiger partial charge on any atom is 0.216 e. The summed E-state index contributed by atoms with van der Waals surface area (Å²) in [6.45, 7) is 0.747. The molecule has 0 saturated carbocycles. The standard InChI is InChI=1S/C16H17N3O3/c20-10-6-2-1-5-9-19-14-13(17-18-19)15(21)11-7-3-4-8-12(11)16(14)22/h3-4,7-8,20H,1-2,5-6,9-10H2. The van der Waals surface area contributed by atoms with Crippen LogP contribution in [0.15, 0.2) is 24.3 Å². The van der Waals surface area contributed by atoms with Crippen LogP contribution < -0.4 is 0 Å². The third-order valence-electron chi connectivity index (χ3n) is 3.86. The van der Waals surface area contributed by atoms with Gasteiger partial charge in [0, 0.05) is 24.3 Å². The van der Waals surface area contributed by atoms with Gasteiger partial charge in [-0.1, -0.05) is 42.3 Å². The van der Waals surface area contributed by atoms with E-state index in [1.54, 1.807) is 24.3 Å². The first-order valence-corrected chi connectivity index (χ1v) is 7.47. The molecule has 0 unspecified atom stereocenters. The molecule has 3 rings (SSSR count). The number of fused-ring (bicyclic) bond motifs is 2. The average molecular weight is 299 g/mol. The minimum atomic E-state index is -0.239. The van der Waals surface area contributed by atoms with Gasteiger partial charge in [-0.25, -0.2) is 4.68 Å². The molecule has 0 aliphatic heterocycles. The molecule has 0 spiro atoms. The first-order valence-electron chi connectivity index (χ1n) is 7.47. The minimum Gasteiger partial charge on any atom is -0.396 e. The van der Waals surface area contributed by atoms with Crippen molar-refractivity contribution in [2.24, 2.45) is 0 Å². The number of aromatic nitrogens is 3. The van der Waals surface area contributed by atoms with Crippen molar-refractivity contribution in [3.05, 3.63) is 46.8 Å². The largest absolute Gasteiger partial charge is 0.396 e. The van der Waals surface area contributed by atoms with Gasteiger partial charge in [0.05, 0.1) is 0 Å². The number of carbonyl (C=O) groups excluding carboxylic acids is 2. The number of aliphatic hydroxyl groups excluding tert-OH is 1. The van der Waals surface area contributed by atoms with Crippen molar-refractivity contribution in [1.82, 2.24) is 15.0 Å². The van der Waals surface area contributed by atoms with Crippen LogP contribution in [0.25, 0.3) is 0 Å². The third-order valence-corrected chi connectivity index (χ3v) is 3.86. The van der Waals surface area contributed by atoms with E-state index in [2.05, 4.69) is 10.3 Å². The lowest BCUT2D eigenvalue weighted by molar-refractivity contribution is 0.0970. The lowest BCUT2D eigenvalue weighted by Crippen LogP contribution is -2.23. The van der Waals surface area contributed by atoms with Crippen LogP contribution in [-0.4, -0.2) is 38.3 Å². The summed E-state index contributed by atoms with van der Waals surface area (Å²) in [6, 6.07) is 6.79. The molecule has 0 radical (unpaired) electrons. The summed E-state index contributed by atoms with van der Waals surface area (Å²) in [7, 11) is 0. The molecule has 0 saturated heterocycles. The lowest BCUT2D eigenvalue weighted by atomic mass is 9.90. The van der Waals surface area contributed by atoms with Crippen LogP contribution in [0, 0.1) is 0 Å². The molecule has 0 fully saturated rings. The maximum atomic E-state index is 12.6. The Labute approximate surface area is 127 Å². The Morgan fingerprint density at radius 3 is 2.36 bits per heavy atom. The smallest absolute Gasteiger partial charge is 0.216 e. The second kappa shape index (κ2) is 6.19. The van der Waals surface area contributed by atoms with Crippen molar-refractivity contribution in [3.63, 3.8) is 0 Å². The number of ketones is 2. The number of unbranched alkanes of at least 4 members (excludes halogenated alkanes) is 3. The Hall–Kier alpha value is -2.34. The highest BCUT2D eigenvalue weighted by atomic mass is 16.3. The molecule has 1 heterocycles. The first-order chi connectivity index (χ1) is 10.7. The number of aliphatic hydroxyl groups is 1. The molecule has 2 aromatic rings. The van der Waals surface area contributed by atoms with Crippen molar-refractivity contribution in [2.75, 3.05) is 6.61 Å². The predicted molar refractivity (Wildman–Crippen MR) is 78.9 cm³/mol. The summed E-state index contributed by atoms with van der Waals surface area (Å²) < 4.78 is 1.53. The van der Waals surface area contributed by atoms with Crippen molar-refractivity contribution < 1.29 is 14.7 Å². The maximum absolute atomic E-state index is 12.6. The molecular formula is C16H17N3O3. The van der Waals surface area contributed by atoms with E-state index < -0.39 is 0 Å². The number of aryl methyl sites for hydroxylation is 1. The summed E-state index contributed by atoms with van der Waals surface area (Å²) in [5.74, 6) is -0.428. The molecule has 1 aliphatic rings. The Morgan fingerprint density at radius 1 is 0.955 bits per heavy atom. The van der Waals surface area contributed by atoms with Crippen molar-refractivity contribution >= 4 is 11.6 Å². The van der Waals surface area contributed by atoms with Crippen LogP contribution in [0.4, 0.5) is 0 Å². The van der Waals surface area contributed by atoms with E-state index in [4.69, 9.17) is 5.11 Å². The zero-order chi connectivity index (χ0) is 15.5. The zero-order valence-electron chi connectivity index (χ0n) is 12.2. The Morgan fingerprint density at radius 2 is 1.64 bits per heavy atom. The number of rotatable bonds is 6. The quantitative estimate of drug-likeness (QED) is 0.699. The van der Waals surface area contributed by atoms with Gasteiger partial charge in [-0.3, -0.25) is 9.59 Å². The minimum absolute atomic E-state index is 0.152. The molecule has 1 N–H and O–H groups in total. The molecule has 6 nitrogen and oxygen atoms in total. The molecule has 6 heteroatoms. The van der Waals surface area contributed by atoms with Crippen molar-refractivity contribution in [3.8, 4) is 0 Å². The highest BCUT2D eigenvalue weighted by Gasteiger charge is 2.34. The van der Waals surface area contributed by atoms with Gasteiger partial charge in [0.2, 0.25) is 11.6 Å². The van der Waals surface area contributed by atoms with Gasteiger partial charge in [-0.05, 0) is 12.8 Å². The molecule has 1 aromatic carbocycles. The fourth-order valence-electron chi connectivity index (χ4n) is 2.71. The lowest BCUT2D eigenvalue weighted by Gasteiger charge is -2.14. The van der Waals surface area contributed by atoms with E-state index in [9.17, 15) is 9.59 Å². The molecule has 114 valence electrons. The van der Waals surface area contributed by atoms with Crippen LogP contribution >= 0.6 is 0 Å². The first kappa shape index (κ1) is 14.6. The normalized spacial score (nSPS) is 13.1. The second-order valence-corrected chi connectivity index (χ2v) is 5.35. The molecule has 0 atom stereocenters. The predicted octanol–water partition coefficient (Wildman–Crippen LogP) is 1.61. The van der Waals surface area contributed by atoms with Crippen molar-refractivity contribution in [1.29, 1.82) is 0 Å². The highest BCUT2D eigenvalue weighted by molar-refractivity contribution is 6.26. The van der Waals surface area contributed by atoms with Gasteiger partial charge in [0.25, 0.3) is 0 Å². The number of nitrogens with zero attached hydrogens (tertiary/aromatic N) is 3. The summed E-state index contributed by atoms with van der Waals surface area (Å²) in [6.07, 6.45) is 3.48. The summed E-state index contributed by atoms with van der Waals surface area (Å²) in [5.41, 5.74) is 1.27. The Kier molecular flexibility index (Phi) is 4.11. The van der Waals surface area contributed by atoms with E-state index in [1.165, 1.54) is 4.68 Å². The monoisotopic (exact) mass is 299 g/mol. The van der Waals surface area contributed by atoms with E-state index >= 15 is 0 Å². The van der Waals surface area contributed by atoms with Crippen LogP contribution in [0.2, 0.25) is 0 Å². The second-order valence-electron chi connectivity index (χ2n) is 5.35. The van der Waals surface area contributed by atoms with E-state index in [0.29, 0.717) is 23.4 Å². The molecular weight excluding hydrogens is 282 g/mol. The van der Waals surface area contributed by atoms with E-state index in [-0.39, 0.29) is 23.9 Å². The number of benzene rings is 1. The van der Waals surface area contributed by atoms with Gasteiger partial charge >= 0.3 is 0 Å². The van der Waals surface area contributed by atoms with Gasteiger partial charge in [-0.2, -0.15) is 0 Å². The number of carbonyl (C=O) groups is 2.